The van der Waals surface area contributed by atoms with Gasteiger partial charge in [-0.2, -0.15) is 0 Å². The Bertz CT molecular complexity index is 2140. The van der Waals surface area contributed by atoms with Crippen LogP contribution in [0.1, 0.15) is 290 Å². The summed E-state index contributed by atoms with van der Waals surface area (Å²) in [6, 6.07) is -0.859. The van der Waals surface area contributed by atoms with E-state index >= 15 is 0 Å². The summed E-state index contributed by atoms with van der Waals surface area (Å²) in [6.07, 6.45) is 80.4. The first kappa shape index (κ1) is 89.2. The molecular weight excluding hydrogens is 1220 g/mol. The number of aliphatic hydroxyl groups excluding tert-OH is 8. The number of carbonyl (C=O) groups is 1. The molecular formula is C83H141NO13. The highest BCUT2D eigenvalue weighted by atomic mass is 16.7. The highest BCUT2D eigenvalue weighted by Crippen LogP contribution is 2.30. The maximum atomic E-state index is 13.4. The second-order valence-electron chi connectivity index (χ2n) is 26.8. The Morgan fingerprint density at radius 1 is 0.381 bits per heavy atom. The van der Waals surface area contributed by atoms with Crippen molar-refractivity contribution < 1.29 is 64.6 Å². The lowest BCUT2D eigenvalue weighted by Crippen LogP contribution is -2.65. The van der Waals surface area contributed by atoms with E-state index in [-0.39, 0.29) is 18.9 Å². The number of hydrogen-bond donors (Lipinski definition) is 9. The van der Waals surface area contributed by atoms with Gasteiger partial charge in [-0.3, -0.25) is 4.79 Å². The third-order valence-corrected chi connectivity index (χ3v) is 18.1. The molecule has 1 amide bonds. The third kappa shape index (κ3) is 48.6. The van der Waals surface area contributed by atoms with Crippen molar-refractivity contribution in [1.29, 1.82) is 0 Å². The maximum absolute atomic E-state index is 13.4. The Kier molecular flexibility index (Phi) is 60.2. The molecule has 2 aliphatic rings. The van der Waals surface area contributed by atoms with Crippen LogP contribution in [0.4, 0.5) is 0 Å². The second-order valence-corrected chi connectivity index (χ2v) is 26.8. The first-order valence-electron chi connectivity index (χ1n) is 38.9. The molecule has 2 saturated heterocycles. The zero-order valence-electron chi connectivity index (χ0n) is 60.8. The van der Waals surface area contributed by atoms with Crippen LogP contribution in [0, 0.1) is 0 Å². The van der Waals surface area contributed by atoms with Crippen LogP contribution >= 0.6 is 0 Å². The van der Waals surface area contributed by atoms with Crippen molar-refractivity contribution in [2.75, 3.05) is 19.8 Å². The first-order chi connectivity index (χ1) is 47.6. The minimum absolute atomic E-state index is 0.240. The summed E-state index contributed by atoms with van der Waals surface area (Å²) in [5, 5.41) is 87.8. The molecule has 0 radical (unpaired) electrons. The van der Waals surface area contributed by atoms with E-state index in [1.807, 2.05) is 0 Å². The zero-order chi connectivity index (χ0) is 70.1. The lowest BCUT2D eigenvalue weighted by atomic mass is 9.97. The third-order valence-electron chi connectivity index (χ3n) is 18.1. The van der Waals surface area contributed by atoms with E-state index in [4.69, 9.17) is 18.9 Å². The Labute approximate surface area is 590 Å². The number of amides is 1. The van der Waals surface area contributed by atoms with Gasteiger partial charge in [0.2, 0.25) is 5.91 Å². The molecule has 556 valence electrons. The van der Waals surface area contributed by atoms with E-state index in [0.717, 1.165) is 116 Å². The fourth-order valence-corrected chi connectivity index (χ4v) is 12.0. The molecule has 12 atom stereocenters. The molecule has 12 unspecified atom stereocenters. The van der Waals surface area contributed by atoms with Gasteiger partial charge in [0, 0.05) is 6.42 Å². The van der Waals surface area contributed by atoms with Crippen molar-refractivity contribution in [2.24, 2.45) is 0 Å². The van der Waals surface area contributed by atoms with Crippen LogP contribution in [0.3, 0.4) is 0 Å². The summed E-state index contributed by atoms with van der Waals surface area (Å²) >= 11 is 0. The quantitative estimate of drug-likeness (QED) is 0.0204. The minimum atomic E-state index is -1.79. The van der Waals surface area contributed by atoms with Crippen LogP contribution in [0.15, 0.2) is 134 Å². The van der Waals surface area contributed by atoms with Crippen LogP contribution in [0.25, 0.3) is 0 Å². The second kappa shape index (κ2) is 65.4. The molecule has 2 rings (SSSR count). The van der Waals surface area contributed by atoms with Gasteiger partial charge >= 0.3 is 0 Å². The highest BCUT2D eigenvalue weighted by Gasteiger charge is 2.51. The van der Waals surface area contributed by atoms with Gasteiger partial charge < -0.3 is 65.1 Å². The predicted molar refractivity (Wildman–Crippen MR) is 401 cm³/mol. The van der Waals surface area contributed by atoms with E-state index in [0.29, 0.717) is 12.8 Å². The number of carbonyl (C=O) groups excluding carboxylic acids is 1. The molecule has 2 heterocycles. The molecule has 14 nitrogen and oxygen atoms in total. The average molecular weight is 1360 g/mol. The molecule has 14 heteroatoms. The van der Waals surface area contributed by atoms with Crippen LogP contribution < -0.4 is 5.32 Å². The molecule has 0 spiro atoms. The van der Waals surface area contributed by atoms with Crippen molar-refractivity contribution in [2.45, 2.75) is 364 Å². The summed E-state index contributed by atoms with van der Waals surface area (Å²) in [5.41, 5.74) is 0. The van der Waals surface area contributed by atoms with Crippen LogP contribution in [0.5, 0.6) is 0 Å². The SMILES string of the molecule is CC/C=C\C/C=C\C/C=C\C/C=C\C/C=C\C/C=C\C/C=C\C/C=C\C/C=C\C/C=C\C/C=C\CCCCCC(=O)NC(COC1OC(CO)C(OC2OC(CO)C(O)C(O)C2O)C(O)C1O)C(O)CCCCCCCCCCCCCCCCCCCCCCCCCCCC. The number of nitrogens with one attached hydrogen (secondary N) is 1. The molecule has 0 aromatic heterocycles. The average Bonchev–Trinajstić information content (AvgIpc) is 0.794. The number of rotatable bonds is 63. The molecule has 0 saturated carbocycles. The molecule has 0 aromatic rings. The monoisotopic (exact) mass is 1360 g/mol. The molecule has 0 aromatic carbocycles. The van der Waals surface area contributed by atoms with E-state index in [1.165, 1.54) is 141 Å². The van der Waals surface area contributed by atoms with Gasteiger partial charge in [-0.25, -0.2) is 0 Å². The van der Waals surface area contributed by atoms with Gasteiger partial charge in [-0.1, -0.05) is 321 Å². The van der Waals surface area contributed by atoms with E-state index in [1.54, 1.807) is 0 Å². The summed E-state index contributed by atoms with van der Waals surface area (Å²) in [5.74, 6) is -0.240. The zero-order valence-corrected chi connectivity index (χ0v) is 60.8. The number of hydrogen-bond acceptors (Lipinski definition) is 13. The standard InChI is InChI=1S/C83H141NO13/c1-3-5-7-9-11-13-15-17-19-21-23-25-27-29-31-32-33-34-35-36-37-38-39-40-41-43-45-47-49-51-53-55-57-59-61-63-65-67-75(88)84-71(70-94-82-80(93)78(91)81(74(69-86)96-82)97-83-79(92)77(90)76(89)73(68-85)95-83)72(87)66-64-62-60-58-56-54-52-50-48-46-44-42-30-28-26-24-22-20-18-16-14-12-10-8-6-4-2/h5,7,11,13,17,19,23,25,29,31,33-34,36-37,39-40,43,45,49,51,55,57,71-74,76-83,85-87,89-93H,3-4,6,8-10,12,14-16,18,20-22,24,26-28,30,32,35,38,41-42,44,46-48,50,52-54,56,58-70H2,1-2H3,(H,84,88)/b7-5-,13-11-,19-17-,25-23-,31-29-,34-33-,37-36-,40-39-,45-43-,51-49-,57-55-. The van der Waals surface area contributed by atoms with Crippen molar-refractivity contribution in [3.8, 4) is 0 Å². The summed E-state index contributed by atoms with van der Waals surface area (Å²) < 4.78 is 22.9. The van der Waals surface area contributed by atoms with Crippen molar-refractivity contribution >= 4 is 5.91 Å². The van der Waals surface area contributed by atoms with Crippen molar-refractivity contribution in [3.05, 3.63) is 134 Å². The minimum Gasteiger partial charge on any atom is -0.394 e. The lowest BCUT2D eigenvalue weighted by molar-refractivity contribution is -0.359. The Morgan fingerprint density at radius 3 is 1.08 bits per heavy atom. The fraction of sp³-hybridized carbons (Fsp3) is 0.723. The van der Waals surface area contributed by atoms with E-state index < -0.39 is 86.8 Å². The maximum Gasteiger partial charge on any atom is 0.220 e. The van der Waals surface area contributed by atoms with Crippen LogP contribution in [-0.2, 0) is 23.7 Å². The summed E-state index contributed by atoms with van der Waals surface area (Å²) in [4.78, 5) is 13.4. The molecule has 0 bridgehead atoms. The summed E-state index contributed by atoms with van der Waals surface area (Å²) in [6.45, 7) is 2.75. The lowest BCUT2D eigenvalue weighted by Gasteiger charge is -2.46. The Balaban J connectivity index is 1.66. The molecule has 2 aliphatic heterocycles. The highest BCUT2D eigenvalue weighted by molar-refractivity contribution is 5.76. The fourth-order valence-electron chi connectivity index (χ4n) is 12.0. The van der Waals surface area contributed by atoms with Gasteiger partial charge in [0.1, 0.15) is 48.8 Å². The van der Waals surface area contributed by atoms with Crippen LogP contribution in [-0.4, -0.2) is 140 Å². The predicted octanol–water partition coefficient (Wildman–Crippen LogP) is 17.4. The van der Waals surface area contributed by atoms with Gasteiger partial charge in [-0.05, 0) is 96.3 Å². The number of aliphatic hydroxyl groups is 8. The van der Waals surface area contributed by atoms with Crippen molar-refractivity contribution in [3.63, 3.8) is 0 Å². The molecule has 97 heavy (non-hydrogen) atoms. The molecule has 9 N–H and O–H groups in total. The van der Waals surface area contributed by atoms with Gasteiger partial charge in [0.15, 0.2) is 12.6 Å². The first-order valence-corrected chi connectivity index (χ1v) is 38.9. The largest absolute Gasteiger partial charge is 0.394 e. The Morgan fingerprint density at radius 2 is 0.711 bits per heavy atom. The van der Waals surface area contributed by atoms with E-state index in [9.17, 15) is 45.6 Å². The molecule has 0 aliphatic carbocycles. The summed E-state index contributed by atoms with van der Waals surface area (Å²) in [7, 11) is 0. The van der Waals surface area contributed by atoms with Gasteiger partial charge in [0.25, 0.3) is 0 Å². The van der Waals surface area contributed by atoms with Gasteiger partial charge in [-0.15, -0.1) is 0 Å². The topological polar surface area (TPSA) is 228 Å². The normalized spacial score (nSPS) is 22.9. The van der Waals surface area contributed by atoms with Gasteiger partial charge in [0.05, 0.1) is 32.0 Å². The Hall–Kier alpha value is -3.87. The number of ether oxygens (including phenoxy) is 4. The van der Waals surface area contributed by atoms with Crippen LogP contribution in [0.2, 0.25) is 0 Å². The number of allylic oxidation sites excluding steroid dienone is 22. The van der Waals surface area contributed by atoms with E-state index in [2.05, 4.69) is 153 Å². The van der Waals surface area contributed by atoms with Crippen molar-refractivity contribution in [1.82, 2.24) is 5.32 Å². The number of unbranched alkanes of at least 4 members (excludes halogenated alkanes) is 28. The smallest absolute Gasteiger partial charge is 0.220 e. The molecule has 2 fully saturated rings.